The van der Waals surface area contributed by atoms with Crippen molar-refractivity contribution in [3.05, 3.63) is 40.9 Å². The second-order valence-electron chi connectivity index (χ2n) is 5.42. The minimum atomic E-state index is 0.645. The van der Waals surface area contributed by atoms with Crippen LogP contribution in [0.2, 0.25) is 0 Å². The van der Waals surface area contributed by atoms with Gasteiger partial charge in [0, 0.05) is 6.54 Å². The van der Waals surface area contributed by atoms with E-state index >= 15 is 0 Å². The zero-order valence-corrected chi connectivity index (χ0v) is 13.5. The van der Waals surface area contributed by atoms with Gasteiger partial charge in [-0.1, -0.05) is 55.5 Å². The van der Waals surface area contributed by atoms with E-state index in [9.17, 15) is 0 Å². The number of aromatic nitrogens is 2. The Bertz CT molecular complexity index is 513. The van der Waals surface area contributed by atoms with Gasteiger partial charge < -0.3 is 10.1 Å². The Balaban J connectivity index is 1.63. The first-order chi connectivity index (χ1) is 10.2. The lowest BCUT2D eigenvalue weighted by Gasteiger charge is -2.04. The standard InChI is InChI=1S/C16H23N3OS/c1-13(2)11-17-12-15-18-19-16(21-15)20-10-6-9-14-7-4-3-5-8-14/h3-5,7-8,13,17H,6,9-12H2,1-2H3. The molecule has 0 bridgehead atoms. The molecule has 0 saturated carbocycles. The normalized spacial score (nSPS) is 11.0. The SMILES string of the molecule is CC(C)CNCc1nnc(OCCCc2ccccc2)s1. The van der Waals surface area contributed by atoms with Crippen LogP contribution < -0.4 is 10.1 Å². The summed E-state index contributed by atoms with van der Waals surface area (Å²) in [5.74, 6) is 0.645. The third-order valence-electron chi connectivity index (χ3n) is 2.96. The van der Waals surface area contributed by atoms with Crippen molar-refractivity contribution in [3.63, 3.8) is 0 Å². The lowest BCUT2D eigenvalue weighted by Crippen LogP contribution is -2.18. The van der Waals surface area contributed by atoms with Crippen LogP contribution in [0.15, 0.2) is 30.3 Å². The second-order valence-corrected chi connectivity index (χ2v) is 6.45. The van der Waals surface area contributed by atoms with Gasteiger partial charge in [0.15, 0.2) is 0 Å². The van der Waals surface area contributed by atoms with Crippen molar-refractivity contribution in [1.82, 2.24) is 15.5 Å². The molecule has 0 radical (unpaired) electrons. The van der Waals surface area contributed by atoms with Gasteiger partial charge >= 0.3 is 0 Å². The molecule has 0 atom stereocenters. The maximum atomic E-state index is 5.65. The fourth-order valence-corrected chi connectivity index (χ4v) is 2.60. The molecule has 0 spiro atoms. The molecule has 1 N–H and O–H groups in total. The lowest BCUT2D eigenvalue weighted by molar-refractivity contribution is 0.307. The van der Waals surface area contributed by atoms with E-state index in [1.807, 2.05) is 6.07 Å². The number of rotatable bonds is 9. The van der Waals surface area contributed by atoms with E-state index in [4.69, 9.17) is 4.74 Å². The van der Waals surface area contributed by atoms with Crippen molar-refractivity contribution >= 4 is 11.3 Å². The highest BCUT2D eigenvalue weighted by Gasteiger charge is 2.05. The molecule has 114 valence electrons. The number of benzene rings is 1. The lowest BCUT2D eigenvalue weighted by atomic mass is 10.1. The molecule has 1 heterocycles. The molecule has 21 heavy (non-hydrogen) atoms. The van der Waals surface area contributed by atoms with Gasteiger partial charge in [-0.3, -0.25) is 0 Å². The number of nitrogens with one attached hydrogen (secondary N) is 1. The Morgan fingerprint density at radius 2 is 2.00 bits per heavy atom. The fourth-order valence-electron chi connectivity index (χ4n) is 1.92. The fraction of sp³-hybridized carbons (Fsp3) is 0.500. The summed E-state index contributed by atoms with van der Waals surface area (Å²) in [7, 11) is 0. The molecule has 0 amide bonds. The monoisotopic (exact) mass is 305 g/mol. The first-order valence-electron chi connectivity index (χ1n) is 7.44. The third-order valence-corrected chi connectivity index (χ3v) is 3.79. The average Bonchev–Trinajstić information content (AvgIpc) is 2.92. The molecule has 2 aromatic rings. The van der Waals surface area contributed by atoms with E-state index in [1.165, 1.54) is 16.9 Å². The van der Waals surface area contributed by atoms with Gasteiger partial charge in [0.1, 0.15) is 5.01 Å². The summed E-state index contributed by atoms with van der Waals surface area (Å²) in [5.41, 5.74) is 1.34. The van der Waals surface area contributed by atoms with Crippen LogP contribution in [0.3, 0.4) is 0 Å². The molecule has 1 aromatic carbocycles. The van der Waals surface area contributed by atoms with Crippen LogP contribution in [-0.2, 0) is 13.0 Å². The highest BCUT2D eigenvalue weighted by atomic mass is 32.1. The zero-order valence-electron chi connectivity index (χ0n) is 12.7. The Morgan fingerprint density at radius 3 is 2.76 bits per heavy atom. The quantitative estimate of drug-likeness (QED) is 0.722. The average molecular weight is 305 g/mol. The number of aryl methyl sites for hydroxylation is 1. The van der Waals surface area contributed by atoms with E-state index in [1.54, 1.807) is 0 Å². The summed E-state index contributed by atoms with van der Waals surface area (Å²) in [6.45, 7) is 6.82. The summed E-state index contributed by atoms with van der Waals surface area (Å²) >= 11 is 1.52. The predicted molar refractivity (Wildman–Crippen MR) is 86.7 cm³/mol. The van der Waals surface area contributed by atoms with Gasteiger partial charge in [-0.2, -0.15) is 0 Å². The number of hydrogen-bond donors (Lipinski definition) is 1. The Hall–Kier alpha value is -1.46. The van der Waals surface area contributed by atoms with E-state index in [0.29, 0.717) is 17.7 Å². The van der Waals surface area contributed by atoms with Gasteiger partial charge in [0.2, 0.25) is 0 Å². The molecule has 0 aliphatic heterocycles. The summed E-state index contributed by atoms with van der Waals surface area (Å²) in [6, 6.07) is 10.5. The van der Waals surface area contributed by atoms with E-state index in [2.05, 4.69) is 53.6 Å². The molecule has 2 rings (SSSR count). The third kappa shape index (κ3) is 6.23. The Labute approximate surface area is 130 Å². The van der Waals surface area contributed by atoms with E-state index < -0.39 is 0 Å². The largest absolute Gasteiger partial charge is 0.469 e. The molecule has 1 aromatic heterocycles. The summed E-state index contributed by atoms with van der Waals surface area (Å²) in [6.07, 6.45) is 2.02. The molecule has 0 saturated heterocycles. The molecule has 0 unspecified atom stereocenters. The maximum absolute atomic E-state index is 5.65. The van der Waals surface area contributed by atoms with Gasteiger partial charge in [0.05, 0.1) is 6.61 Å². The van der Waals surface area contributed by atoms with Gasteiger partial charge in [-0.05, 0) is 30.9 Å². The van der Waals surface area contributed by atoms with Crippen LogP contribution in [0.25, 0.3) is 0 Å². The number of nitrogens with zero attached hydrogens (tertiary/aromatic N) is 2. The summed E-state index contributed by atoms with van der Waals surface area (Å²) in [4.78, 5) is 0. The Kier molecular flexibility index (Phi) is 6.63. The van der Waals surface area contributed by atoms with Crippen LogP contribution in [0, 0.1) is 5.92 Å². The number of ether oxygens (including phenoxy) is 1. The van der Waals surface area contributed by atoms with Crippen molar-refractivity contribution in [2.45, 2.75) is 33.2 Å². The molecular weight excluding hydrogens is 282 g/mol. The minimum Gasteiger partial charge on any atom is -0.469 e. The van der Waals surface area contributed by atoms with Gasteiger partial charge in [-0.15, -0.1) is 10.2 Å². The molecule has 4 nitrogen and oxygen atoms in total. The van der Waals surface area contributed by atoms with Crippen molar-refractivity contribution in [3.8, 4) is 5.19 Å². The van der Waals surface area contributed by atoms with Crippen molar-refractivity contribution < 1.29 is 4.74 Å². The smallest absolute Gasteiger partial charge is 0.294 e. The Morgan fingerprint density at radius 1 is 1.19 bits per heavy atom. The maximum Gasteiger partial charge on any atom is 0.294 e. The van der Waals surface area contributed by atoms with E-state index in [-0.39, 0.29) is 0 Å². The molecule has 0 aliphatic rings. The summed E-state index contributed by atoms with van der Waals surface area (Å²) < 4.78 is 5.65. The minimum absolute atomic E-state index is 0.645. The van der Waals surface area contributed by atoms with Crippen LogP contribution in [0.5, 0.6) is 5.19 Å². The van der Waals surface area contributed by atoms with Crippen molar-refractivity contribution in [2.24, 2.45) is 5.92 Å². The van der Waals surface area contributed by atoms with Gasteiger partial charge in [0.25, 0.3) is 5.19 Å². The number of hydrogen-bond acceptors (Lipinski definition) is 5. The summed E-state index contributed by atoms with van der Waals surface area (Å²) in [5, 5.41) is 13.2. The zero-order chi connectivity index (χ0) is 14.9. The highest BCUT2D eigenvalue weighted by Crippen LogP contribution is 2.18. The first kappa shape index (κ1) is 15.9. The highest BCUT2D eigenvalue weighted by molar-refractivity contribution is 7.13. The predicted octanol–water partition coefficient (Wildman–Crippen LogP) is 3.30. The van der Waals surface area contributed by atoms with Crippen LogP contribution in [0.1, 0.15) is 30.8 Å². The van der Waals surface area contributed by atoms with Crippen molar-refractivity contribution in [1.29, 1.82) is 0 Å². The molecular formula is C16H23N3OS. The molecule has 5 heteroatoms. The second kappa shape index (κ2) is 8.74. The van der Waals surface area contributed by atoms with Gasteiger partial charge in [-0.25, -0.2) is 0 Å². The van der Waals surface area contributed by atoms with Crippen LogP contribution >= 0.6 is 11.3 Å². The molecule has 0 aliphatic carbocycles. The van der Waals surface area contributed by atoms with E-state index in [0.717, 1.165) is 30.9 Å². The molecule has 0 fully saturated rings. The van der Waals surface area contributed by atoms with Crippen LogP contribution in [0.4, 0.5) is 0 Å². The van der Waals surface area contributed by atoms with Crippen LogP contribution in [-0.4, -0.2) is 23.3 Å². The first-order valence-corrected chi connectivity index (χ1v) is 8.25. The topological polar surface area (TPSA) is 47.0 Å². The van der Waals surface area contributed by atoms with Crippen molar-refractivity contribution in [2.75, 3.05) is 13.2 Å².